The number of rotatable bonds is 12. The molecule has 3 aromatic heterocycles. The largest absolute Gasteiger partial charge is 0.378 e. The Balaban J connectivity index is 0.900. The Kier molecular flexibility index (Phi) is 9.31. The SMILES string of the molecule is CN(C)c1cc(CS(=O)(=O)c2nc(Nc3c4c(cc5c3CCC5)CCC4)n[nH]2)cc(C2Cc3cc4c(c(Nc5n[nH]c(S(=O)(=O)Cc6cccnc6)n5)c3C2)CCC4)c1. The molecule has 10 rings (SSSR count). The van der Waals surface area contributed by atoms with E-state index >= 15 is 0 Å². The number of aromatic nitrogens is 7. The van der Waals surface area contributed by atoms with Gasteiger partial charge in [0.05, 0.1) is 11.5 Å². The van der Waals surface area contributed by atoms with Crippen LogP contribution in [0.1, 0.15) is 86.4 Å². The zero-order valence-electron chi connectivity index (χ0n) is 33.1. The highest BCUT2D eigenvalue weighted by Gasteiger charge is 2.32. The normalized spacial score (nSPS) is 16.8. The van der Waals surface area contributed by atoms with E-state index < -0.39 is 19.7 Å². The molecule has 0 saturated heterocycles. The molecule has 6 aromatic rings. The average Bonchev–Trinajstić information content (AvgIpc) is 4.06. The van der Waals surface area contributed by atoms with Gasteiger partial charge in [0.1, 0.15) is 0 Å². The van der Waals surface area contributed by atoms with Crippen LogP contribution in [-0.2, 0) is 82.5 Å². The summed E-state index contributed by atoms with van der Waals surface area (Å²) in [6.07, 6.45) is 13.9. The van der Waals surface area contributed by atoms with Crippen LogP contribution in [0.2, 0.25) is 0 Å². The van der Waals surface area contributed by atoms with Crippen molar-refractivity contribution >= 4 is 48.6 Å². The third-order valence-corrected chi connectivity index (χ3v) is 15.4. The molecule has 4 aliphatic carbocycles. The second-order valence-electron chi connectivity index (χ2n) is 16.6. The van der Waals surface area contributed by atoms with E-state index in [0.29, 0.717) is 17.5 Å². The number of nitrogens with one attached hydrogen (secondary N) is 4. The van der Waals surface area contributed by atoms with Gasteiger partial charge in [-0.3, -0.25) is 4.98 Å². The van der Waals surface area contributed by atoms with Crippen LogP contribution in [0.4, 0.5) is 29.0 Å². The Hall–Kier alpha value is -5.61. The van der Waals surface area contributed by atoms with E-state index in [9.17, 15) is 16.8 Å². The molecule has 0 bridgehead atoms. The van der Waals surface area contributed by atoms with Crippen LogP contribution >= 0.6 is 0 Å². The second-order valence-corrected chi connectivity index (χ2v) is 20.4. The fourth-order valence-corrected chi connectivity index (χ4v) is 12.0. The quantitative estimate of drug-likeness (QED) is 0.110. The molecular weight excluding hydrogens is 785 g/mol. The summed E-state index contributed by atoms with van der Waals surface area (Å²) >= 11 is 0. The van der Waals surface area contributed by atoms with E-state index in [-0.39, 0.29) is 39.6 Å². The van der Waals surface area contributed by atoms with Crippen LogP contribution in [0.5, 0.6) is 0 Å². The molecule has 304 valence electrons. The molecular formula is C43H46N10O4S2. The van der Waals surface area contributed by atoms with Crippen LogP contribution in [0.3, 0.4) is 0 Å². The number of anilines is 5. The molecule has 1 unspecified atom stereocenters. The Morgan fingerprint density at radius 1 is 0.661 bits per heavy atom. The van der Waals surface area contributed by atoms with E-state index in [4.69, 9.17) is 0 Å². The maximum atomic E-state index is 14.0. The lowest BCUT2D eigenvalue weighted by Crippen LogP contribution is -2.13. The first-order chi connectivity index (χ1) is 28.5. The summed E-state index contributed by atoms with van der Waals surface area (Å²) in [5, 5.41) is 20.5. The van der Waals surface area contributed by atoms with Gasteiger partial charge >= 0.3 is 0 Å². The molecule has 4 aliphatic rings. The van der Waals surface area contributed by atoms with E-state index in [1.165, 1.54) is 45.1 Å². The number of H-pyrrole nitrogens is 2. The molecule has 59 heavy (non-hydrogen) atoms. The van der Waals surface area contributed by atoms with Crippen LogP contribution in [0.25, 0.3) is 0 Å². The fourth-order valence-electron chi connectivity index (χ4n) is 9.65. The van der Waals surface area contributed by atoms with Crippen molar-refractivity contribution in [3.63, 3.8) is 0 Å². The molecule has 0 radical (unpaired) electrons. The highest BCUT2D eigenvalue weighted by Crippen LogP contribution is 2.45. The first-order valence-electron chi connectivity index (χ1n) is 20.3. The maximum absolute atomic E-state index is 14.0. The maximum Gasteiger partial charge on any atom is 0.247 e. The smallest absolute Gasteiger partial charge is 0.247 e. The second kappa shape index (κ2) is 14.6. The summed E-state index contributed by atoms with van der Waals surface area (Å²) in [5.74, 6) is 0.0893. The number of aryl methyl sites for hydroxylation is 3. The molecule has 0 fully saturated rings. The highest BCUT2D eigenvalue weighted by atomic mass is 32.2. The molecule has 4 N–H and O–H groups in total. The average molecular weight is 831 g/mol. The minimum Gasteiger partial charge on any atom is -0.378 e. The van der Waals surface area contributed by atoms with Crippen LogP contribution in [-0.4, -0.2) is 66.3 Å². The molecule has 1 atom stereocenters. The van der Waals surface area contributed by atoms with Gasteiger partial charge in [0.25, 0.3) is 0 Å². The van der Waals surface area contributed by atoms with Crippen molar-refractivity contribution in [2.75, 3.05) is 29.6 Å². The number of pyridine rings is 1. The van der Waals surface area contributed by atoms with Crippen molar-refractivity contribution in [1.82, 2.24) is 35.3 Å². The standard InChI is InChI=1S/C43H46N10O4S2/c1-53(2)33-16-26(24-59(56,57)43-47-40(49-52-43)45-38-34-11-3-8-27(34)17-28-9-4-12-35(28)38)15-30(20-33)31-19-32-18-29-10-5-13-36(29)39(37(32)21-31)46-41-48-42(51-50-41)58(54,55)23-25-7-6-14-44-22-25/h6-7,14-18,20,22,31H,3-5,8-13,19,21,23-24H2,1-2H3,(H2,45,47,49,52)(H2,46,48,50,51). The summed E-state index contributed by atoms with van der Waals surface area (Å²) < 4.78 is 54.4. The minimum atomic E-state index is -3.88. The lowest BCUT2D eigenvalue weighted by molar-refractivity contribution is 0.585. The number of aromatic amines is 2. The van der Waals surface area contributed by atoms with Crippen molar-refractivity contribution in [2.45, 2.75) is 98.4 Å². The van der Waals surface area contributed by atoms with E-state index in [1.54, 1.807) is 18.3 Å². The Bertz CT molecular complexity index is 2820. The molecule has 3 heterocycles. The molecule has 0 aliphatic heterocycles. The highest BCUT2D eigenvalue weighted by molar-refractivity contribution is 7.90. The van der Waals surface area contributed by atoms with Crippen LogP contribution < -0.4 is 15.5 Å². The van der Waals surface area contributed by atoms with Gasteiger partial charge in [0, 0.05) is 43.6 Å². The number of benzene rings is 3. The third kappa shape index (κ3) is 7.15. The number of sulfone groups is 2. The monoisotopic (exact) mass is 830 g/mol. The predicted molar refractivity (Wildman–Crippen MR) is 225 cm³/mol. The summed E-state index contributed by atoms with van der Waals surface area (Å²) in [6.45, 7) is 0. The molecule has 0 amide bonds. The van der Waals surface area contributed by atoms with Crippen molar-refractivity contribution in [2.24, 2.45) is 0 Å². The lowest BCUT2D eigenvalue weighted by Gasteiger charge is -2.19. The van der Waals surface area contributed by atoms with Crippen LogP contribution in [0, 0.1) is 0 Å². The zero-order valence-corrected chi connectivity index (χ0v) is 34.7. The molecule has 16 heteroatoms. The predicted octanol–water partition coefficient (Wildman–Crippen LogP) is 6.17. The molecule has 0 saturated carbocycles. The van der Waals surface area contributed by atoms with Gasteiger partial charge in [-0.05, 0) is 156 Å². The van der Waals surface area contributed by atoms with Gasteiger partial charge in [0.15, 0.2) is 0 Å². The van der Waals surface area contributed by atoms with Gasteiger partial charge in [-0.2, -0.15) is 9.97 Å². The van der Waals surface area contributed by atoms with Gasteiger partial charge in [-0.15, -0.1) is 10.2 Å². The van der Waals surface area contributed by atoms with Crippen molar-refractivity contribution in [3.8, 4) is 0 Å². The van der Waals surface area contributed by atoms with E-state index in [2.05, 4.69) is 64.2 Å². The van der Waals surface area contributed by atoms with Gasteiger partial charge in [0.2, 0.25) is 41.9 Å². The van der Waals surface area contributed by atoms with E-state index in [1.807, 2.05) is 31.1 Å². The Labute approximate surface area is 343 Å². The Morgan fingerprint density at radius 2 is 1.22 bits per heavy atom. The summed E-state index contributed by atoms with van der Waals surface area (Å²) in [6, 6.07) is 14.2. The zero-order chi connectivity index (χ0) is 40.5. The van der Waals surface area contributed by atoms with Crippen molar-refractivity contribution in [3.05, 3.63) is 116 Å². The summed E-state index contributed by atoms with van der Waals surface area (Å²) in [7, 11) is -3.74. The van der Waals surface area contributed by atoms with E-state index in [0.717, 1.165) is 92.4 Å². The van der Waals surface area contributed by atoms with Gasteiger partial charge in [-0.1, -0.05) is 24.3 Å². The lowest BCUT2D eigenvalue weighted by atomic mass is 9.94. The summed E-state index contributed by atoms with van der Waals surface area (Å²) in [5.41, 5.74) is 15.5. The van der Waals surface area contributed by atoms with Crippen LogP contribution in [0.15, 0.2) is 65.2 Å². The topological polar surface area (TPSA) is 192 Å². The first-order valence-corrected chi connectivity index (χ1v) is 23.7. The van der Waals surface area contributed by atoms with Crippen molar-refractivity contribution in [1.29, 1.82) is 0 Å². The third-order valence-electron chi connectivity index (χ3n) is 12.4. The summed E-state index contributed by atoms with van der Waals surface area (Å²) in [4.78, 5) is 14.9. The molecule has 3 aromatic carbocycles. The number of nitrogens with zero attached hydrogens (tertiary/aromatic N) is 6. The van der Waals surface area contributed by atoms with Gasteiger partial charge in [-0.25, -0.2) is 27.0 Å². The van der Waals surface area contributed by atoms with Crippen molar-refractivity contribution < 1.29 is 16.8 Å². The fraction of sp³-hybridized carbons (Fsp3) is 0.372. The number of hydrogen-bond acceptors (Lipinski definition) is 12. The molecule has 0 spiro atoms. The minimum absolute atomic E-state index is 0.0902. The number of fused-ring (bicyclic) bond motifs is 4. The molecule has 14 nitrogen and oxygen atoms in total. The van der Waals surface area contributed by atoms with Gasteiger partial charge < -0.3 is 15.5 Å². The number of hydrogen-bond donors (Lipinski definition) is 4. The Morgan fingerprint density at radius 3 is 1.78 bits per heavy atom. The first kappa shape index (κ1) is 37.6.